The van der Waals surface area contributed by atoms with Gasteiger partial charge < -0.3 is 18.6 Å². The van der Waals surface area contributed by atoms with Crippen molar-refractivity contribution in [3.63, 3.8) is 0 Å². The number of rotatable bonds is 5. The Morgan fingerprint density at radius 3 is 2.68 bits per heavy atom. The zero-order valence-electron chi connectivity index (χ0n) is 12.3. The number of hydrogen-bond donors (Lipinski definition) is 0. The average molecular weight is 304 g/mol. The van der Waals surface area contributed by atoms with Gasteiger partial charge in [0, 0.05) is 6.42 Å². The molecule has 1 aromatic heterocycles. The summed E-state index contributed by atoms with van der Waals surface area (Å²) in [5.41, 5.74) is -0.522. The van der Waals surface area contributed by atoms with Gasteiger partial charge in [-0.25, -0.2) is 9.59 Å². The molecule has 3 heterocycles. The first-order chi connectivity index (χ1) is 10.6. The molecule has 22 heavy (non-hydrogen) atoms. The molecule has 1 aromatic rings. The van der Waals surface area contributed by atoms with Crippen LogP contribution in [0.15, 0.2) is 46.1 Å². The van der Waals surface area contributed by atoms with Crippen LogP contribution in [0.1, 0.15) is 12.2 Å². The second kappa shape index (κ2) is 5.46. The third-order valence-electron chi connectivity index (χ3n) is 3.97. The highest BCUT2D eigenvalue weighted by Gasteiger charge is 2.54. The number of ether oxygens (including phenoxy) is 3. The van der Waals surface area contributed by atoms with Crippen molar-refractivity contribution in [3.05, 3.63) is 47.5 Å². The molecule has 2 atom stereocenters. The zero-order chi connectivity index (χ0) is 15.7. The molecule has 3 rings (SSSR count). The molecule has 0 N–H and O–H groups in total. The first-order valence-electron chi connectivity index (χ1n) is 6.92. The van der Waals surface area contributed by atoms with Gasteiger partial charge in [-0.05, 0) is 24.6 Å². The van der Waals surface area contributed by atoms with Crippen LogP contribution in [-0.2, 0) is 30.2 Å². The summed E-state index contributed by atoms with van der Waals surface area (Å²) in [5.74, 6) is -0.369. The van der Waals surface area contributed by atoms with E-state index in [1.165, 1.54) is 14.2 Å². The van der Waals surface area contributed by atoms with Crippen molar-refractivity contribution in [2.75, 3.05) is 14.2 Å². The van der Waals surface area contributed by atoms with Crippen LogP contribution in [0, 0.1) is 0 Å². The van der Waals surface area contributed by atoms with Crippen LogP contribution in [-0.4, -0.2) is 37.9 Å². The number of furan rings is 1. The van der Waals surface area contributed by atoms with E-state index in [0.717, 1.165) is 5.76 Å². The van der Waals surface area contributed by atoms with E-state index in [4.69, 9.17) is 18.6 Å². The van der Waals surface area contributed by atoms with E-state index in [2.05, 4.69) is 0 Å². The largest absolute Gasteiger partial charge is 0.469 e. The maximum atomic E-state index is 12.2. The highest BCUT2D eigenvalue weighted by molar-refractivity contribution is 6.05. The monoisotopic (exact) mass is 304 g/mol. The van der Waals surface area contributed by atoms with Gasteiger partial charge in [0.1, 0.15) is 17.5 Å². The predicted octanol–water partition coefficient (Wildman–Crippen LogP) is 1.56. The number of hydrogen-bond acceptors (Lipinski definition) is 6. The van der Waals surface area contributed by atoms with Crippen LogP contribution in [0.4, 0.5) is 0 Å². The topological polar surface area (TPSA) is 75.0 Å². The Hall–Kier alpha value is -2.34. The molecule has 0 fully saturated rings. The Bertz CT molecular complexity index is 654. The zero-order valence-corrected chi connectivity index (χ0v) is 12.3. The summed E-state index contributed by atoms with van der Waals surface area (Å²) in [6.07, 6.45) is 5.63. The van der Waals surface area contributed by atoms with E-state index in [1.807, 2.05) is 6.07 Å². The second-order valence-corrected chi connectivity index (χ2v) is 5.14. The Morgan fingerprint density at radius 2 is 2.05 bits per heavy atom. The summed E-state index contributed by atoms with van der Waals surface area (Å²) >= 11 is 0. The minimum Gasteiger partial charge on any atom is -0.469 e. The molecule has 2 bridgehead atoms. The maximum absolute atomic E-state index is 12.2. The summed E-state index contributed by atoms with van der Waals surface area (Å²) < 4.78 is 20.8. The van der Waals surface area contributed by atoms with Crippen molar-refractivity contribution in [2.45, 2.75) is 24.5 Å². The van der Waals surface area contributed by atoms with Crippen LogP contribution in [0.25, 0.3) is 0 Å². The smallest absolute Gasteiger partial charge is 0.337 e. The van der Waals surface area contributed by atoms with Crippen LogP contribution < -0.4 is 0 Å². The molecule has 6 nitrogen and oxygen atoms in total. The van der Waals surface area contributed by atoms with Crippen molar-refractivity contribution in [1.82, 2.24) is 0 Å². The quantitative estimate of drug-likeness (QED) is 0.607. The van der Waals surface area contributed by atoms with E-state index >= 15 is 0 Å². The predicted molar refractivity (Wildman–Crippen MR) is 74.8 cm³/mol. The standard InChI is InChI=1S/C16H16O6/c1-19-14(17)12-11-6-8-16(22-11,13(12)15(18)20-2)7-5-10-4-3-9-21-10/h3-4,6,8-9,11H,5,7H2,1-2H3/t11-,16+/m0/s1. The van der Waals surface area contributed by atoms with Crippen molar-refractivity contribution in [3.8, 4) is 0 Å². The second-order valence-electron chi connectivity index (χ2n) is 5.14. The molecule has 0 amide bonds. The molecule has 0 saturated heterocycles. The SMILES string of the molecule is COC(=O)C1=C(C(=O)OC)[C@@]2(CCc3ccco3)C=C[C@@H]1O2. The lowest BCUT2D eigenvalue weighted by Gasteiger charge is -2.25. The highest BCUT2D eigenvalue weighted by atomic mass is 16.6. The summed E-state index contributed by atoms with van der Waals surface area (Å²) in [6, 6.07) is 3.65. The molecule has 2 aliphatic rings. The third-order valence-corrected chi connectivity index (χ3v) is 3.97. The Labute approximate surface area is 127 Å². The molecule has 0 aromatic carbocycles. The van der Waals surface area contributed by atoms with Gasteiger partial charge in [0.15, 0.2) is 0 Å². The van der Waals surface area contributed by atoms with Crippen molar-refractivity contribution >= 4 is 11.9 Å². The maximum Gasteiger partial charge on any atom is 0.337 e. The van der Waals surface area contributed by atoms with Gasteiger partial charge in [-0.15, -0.1) is 0 Å². The molecule has 6 heteroatoms. The van der Waals surface area contributed by atoms with Crippen LogP contribution in [0.5, 0.6) is 0 Å². The van der Waals surface area contributed by atoms with E-state index in [1.54, 1.807) is 24.5 Å². The van der Waals surface area contributed by atoms with Crippen molar-refractivity contribution in [1.29, 1.82) is 0 Å². The van der Waals surface area contributed by atoms with Crippen molar-refractivity contribution < 1.29 is 28.2 Å². The number of aryl methyl sites for hydroxylation is 1. The normalized spacial score (nSPS) is 25.6. The van der Waals surface area contributed by atoms with Gasteiger partial charge >= 0.3 is 11.9 Å². The first-order valence-corrected chi connectivity index (χ1v) is 6.92. The number of esters is 2. The molecule has 0 radical (unpaired) electrons. The minimum absolute atomic E-state index is 0.219. The fraction of sp³-hybridized carbons (Fsp3) is 0.375. The van der Waals surface area contributed by atoms with Crippen LogP contribution in [0.2, 0.25) is 0 Å². The van der Waals surface area contributed by atoms with Crippen LogP contribution in [0.3, 0.4) is 0 Å². The van der Waals surface area contributed by atoms with Gasteiger partial charge in [0.25, 0.3) is 0 Å². The summed E-state index contributed by atoms with van der Waals surface area (Å²) in [5, 5.41) is 0. The van der Waals surface area contributed by atoms with Gasteiger partial charge in [-0.1, -0.05) is 6.08 Å². The average Bonchev–Trinajstić information content (AvgIpc) is 3.25. The lowest BCUT2D eigenvalue weighted by atomic mass is 9.83. The highest BCUT2D eigenvalue weighted by Crippen LogP contribution is 2.46. The Kier molecular flexibility index (Phi) is 3.62. The van der Waals surface area contributed by atoms with Gasteiger partial charge in [-0.3, -0.25) is 0 Å². The molecule has 2 aliphatic heterocycles. The van der Waals surface area contributed by atoms with Gasteiger partial charge in [-0.2, -0.15) is 0 Å². The minimum atomic E-state index is -0.964. The molecule has 116 valence electrons. The van der Waals surface area contributed by atoms with Crippen LogP contribution >= 0.6 is 0 Å². The fourth-order valence-electron chi connectivity index (χ4n) is 2.96. The Balaban J connectivity index is 1.94. The van der Waals surface area contributed by atoms with E-state index in [0.29, 0.717) is 12.8 Å². The molecular weight excluding hydrogens is 288 g/mol. The molecule has 0 unspecified atom stereocenters. The molecule has 0 aliphatic carbocycles. The molecule has 0 saturated carbocycles. The van der Waals surface area contributed by atoms with Crippen molar-refractivity contribution in [2.24, 2.45) is 0 Å². The van der Waals surface area contributed by atoms with Gasteiger partial charge in [0.05, 0.1) is 31.6 Å². The number of methoxy groups -OCH3 is 2. The molecular formula is C16H16O6. The third kappa shape index (κ3) is 2.16. The number of carbonyl (C=O) groups excluding carboxylic acids is 2. The van der Waals surface area contributed by atoms with E-state index in [-0.39, 0.29) is 11.1 Å². The summed E-state index contributed by atoms with van der Waals surface area (Å²) in [4.78, 5) is 24.2. The van der Waals surface area contributed by atoms with E-state index in [9.17, 15) is 9.59 Å². The lowest BCUT2D eigenvalue weighted by Crippen LogP contribution is -2.33. The van der Waals surface area contributed by atoms with E-state index < -0.39 is 23.6 Å². The number of fused-ring (bicyclic) bond motifs is 2. The lowest BCUT2D eigenvalue weighted by molar-refractivity contribution is -0.139. The number of carbonyl (C=O) groups is 2. The first kappa shape index (κ1) is 14.6. The summed E-state index contributed by atoms with van der Waals surface area (Å²) in [7, 11) is 2.55. The fourth-order valence-corrected chi connectivity index (χ4v) is 2.96. The summed E-state index contributed by atoms with van der Waals surface area (Å²) in [6.45, 7) is 0. The molecule has 0 spiro atoms. The van der Waals surface area contributed by atoms with Gasteiger partial charge in [0.2, 0.25) is 0 Å². The Morgan fingerprint density at radius 1 is 1.27 bits per heavy atom.